The number of halogens is 1. The van der Waals surface area contributed by atoms with Crippen LogP contribution >= 0.6 is 28.6 Å². The molecule has 1 rings (SSSR count). The Balaban J connectivity index is 3.00. The quantitative estimate of drug-likeness (QED) is 0.797. The lowest BCUT2D eigenvalue weighted by atomic mass is 10.1. The molecule has 1 aromatic rings. The maximum absolute atomic E-state index is 12.6. The molecule has 19 heavy (non-hydrogen) atoms. The highest BCUT2D eigenvalue weighted by molar-refractivity contribution is 9.10. The lowest BCUT2D eigenvalue weighted by Crippen LogP contribution is -2.40. The normalized spacial score (nSPS) is 12.3. The van der Waals surface area contributed by atoms with Crippen molar-refractivity contribution in [2.45, 2.75) is 31.2 Å². The van der Waals surface area contributed by atoms with Gasteiger partial charge in [0.1, 0.15) is 0 Å². The van der Waals surface area contributed by atoms with E-state index in [9.17, 15) is 4.79 Å². The number of rotatable bonds is 6. The third-order valence-corrected chi connectivity index (χ3v) is 4.07. The van der Waals surface area contributed by atoms with Gasteiger partial charge >= 0.3 is 0 Å². The molecule has 1 aromatic carbocycles. The van der Waals surface area contributed by atoms with Gasteiger partial charge in [0, 0.05) is 29.1 Å². The van der Waals surface area contributed by atoms with Crippen LogP contribution in [0.5, 0.6) is 0 Å². The van der Waals surface area contributed by atoms with Crippen LogP contribution < -0.4 is 0 Å². The fourth-order valence-corrected chi connectivity index (χ4v) is 2.38. The average Bonchev–Trinajstić information content (AvgIpc) is 2.41. The second-order valence-electron chi connectivity index (χ2n) is 4.41. The van der Waals surface area contributed by atoms with Crippen molar-refractivity contribution in [2.24, 2.45) is 0 Å². The number of nitrogens with zero attached hydrogens (tertiary/aromatic N) is 1. The molecular weight excluding hydrogens is 326 g/mol. The number of carbonyl (C=O) groups is 1. The standard InChI is InChI=1S/C14H20BrNO2S/c1-4-10(2)16(7-8-18-3)14(17)12-9-11(19)5-6-13(12)15/h5-6,9-10,19H,4,7-8H2,1-3H3. The lowest BCUT2D eigenvalue weighted by Gasteiger charge is -2.29. The van der Waals surface area contributed by atoms with E-state index >= 15 is 0 Å². The van der Waals surface area contributed by atoms with Crippen LogP contribution in [0.15, 0.2) is 27.6 Å². The van der Waals surface area contributed by atoms with Gasteiger partial charge in [0.2, 0.25) is 0 Å². The van der Waals surface area contributed by atoms with E-state index in [2.05, 4.69) is 35.5 Å². The fraction of sp³-hybridized carbons (Fsp3) is 0.500. The summed E-state index contributed by atoms with van der Waals surface area (Å²) in [5.41, 5.74) is 0.643. The SMILES string of the molecule is CCC(C)N(CCOC)C(=O)c1cc(S)ccc1Br. The zero-order chi connectivity index (χ0) is 14.4. The zero-order valence-corrected chi connectivity index (χ0v) is 14.0. The number of benzene rings is 1. The molecule has 0 saturated carbocycles. The van der Waals surface area contributed by atoms with E-state index in [-0.39, 0.29) is 11.9 Å². The molecule has 0 saturated heterocycles. The van der Waals surface area contributed by atoms with Crippen LogP contribution in [-0.2, 0) is 4.74 Å². The molecule has 0 spiro atoms. The molecule has 0 aliphatic rings. The number of hydrogen-bond donors (Lipinski definition) is 1. The van der Waals surface area contributed by atoms with Crippen LogP contribution in [0.1, 0.15) is 30.6 Å². The van der Waals surface area contributed by atoms with Crippen molar-refractivity contribution in [2.75, 3.05) is 20.3 Å². The number of thiol groups is 1. The minimum absolute atomic E-state index is 0.00850. The number of amides is 1. The van der Waals surface area contributed by atoms with Gasteiger partial charge in [-0.25, -0.2) is 0 Å². The van der Waals surface area contributed by atoms with Crippen molar-refractivity contribution in [3.05, 3.63) is 28.2 Å². The number of methoxy groups -OCH3 is 1. The summed E-state index contributed by atoms with van der Waals surface area (Å²) in [4.78, 5) is 15.3. The lowest BCUT2D eigenvalue weighted by molar-refractivity contribution is 0.0613. The first-order valence-corrected chi connectivity index (χ1v) is 7.53. The molecule has 1 amide bonds. The van der Waals surface area contributed by atoms with Gasteiger partial charge in [-0.05, 0) is 47.5 Å². The summed E-state index contributed by atoms with van der Waals surface area (Å²) in [5, 5.41) is 0. The Bertz CT molecular complexity index is 439. The predicted molar refractivity (Wildman–Crippen MR) is 84.1 cm³/mol. The van der Waals surface area contributed by atoms with Gasteiger partial charge in [-0.2, -0.15) is 0 Å². The molecule has 0 aromatic heterocycles. The van der Waals surface area contributed by atoms with Gasteiger partial charge in [0.25, 0.3) is 5.91 Å². The van der Waals surface area contributed by atoms with Crippen LogP contribution in [-0.4, -0.2) is 37.1 Å². The van der Waals surface area contributed by atoms with Gasteiger partial charge in [0.05, 0.1) is 12.2 Å². The van der Waals surface area contributed by atoms with Crippen molar-refractivity contribution in [1.29, 1.82) is 0 Å². The number of ether oxygens (including phenoxy) is 1. The van der Waals surface area contributed by atoms with Crippen molar-refractivity contribution < 1.29 is 9.53 Å². The smallest absolute Gasteiger partial charge is 0.255 e. The third-order valence-electron chi connectivity index (χ3n) is 3.10. The van der Waals surface area contributed by atoms with Gasteiger partial charge in [-0.15, -0.1) is 12.6 Å². The van der Waals surface area contributed by atoms with E-state index in [4.69, 9.17) is 4.74 Å². The Labute approximate surface area is 128 Å². The largest absolute Gasteiger partial charge is 0.383 e. The molecule has 0 radical (unpaired) electrons. The first-order chi connectivity index (χ1) is 9.01. The molecule has 1 atom stereocenters. The Hall–Kier alpha value is -0.520. The molecule has 0 fully saturated rings. The molecule has 0 bridgehead atoms. The van der Waals surface area contributed by atoms with E-state index in [0.29, 0.717) is 18.7 Å². The van der Waals surface area contributed by atoms with Gasteiger partial charge in [-0.1, -0.05) is 6.92 Å². The van der Waals surface area contributed by atoms with Crippen molar-refractivity contribution in [3.63, 3.8) is 0 Å². The average molecular weight is 346 g/mol. The Kier molecular flexibility index (Phi) is 6.89. The summed E-state index contributed by atoms with van der Waals surface area (Å²) >= 11 is 7.72. The minimum Gasteiger partial charge on any atom is -0.383 e. The van der Waals surface area contributed by atoms with Crippen molar-refractivity contribution >= 4 is 34.5 Å². The highest BCUT2D eigenvalue weighted by Crippen LogP contribution is 2.23. The molecule has 1 unspecified atom stereocenters. The molecule has 106 valence electrons. The highest BCUT2D eigenvalue weighted by atomic mass is 79.9. The Morgan fingerprint density at radius 2 is 2.21 bits per heavy atom. The summed E-state index contributed by atoms with van der Waals surface area (Å²) in [5.74, 6) is 0.00850. The molecule has 5 heteroatoms. The van der Waals surface area contributed by atoms with E-state index in [1.165, 1.54) is 0 Å². The first kappa shape index (κ1) is 16.5. The molecule has 3 nitrogen and oxygen atoms in total. The Morgan fingerprint density at radius 1 is 1.53 bits per heavy atom. The van der Waals surface area contributed by atoms with Crippen LogP contribution in [0, 0.1) is 0 Å². The van der Waals surface area contributed by atoms with Gasteiger partial charge in [0.15, 0.2) is 0 Å². The number of carbonyl (C=O) groups excluding carboxylic acids is 1. The summed E-state index contributed by atoms with van der Waals surface area (Å²) in [6, 6.07) is 5.67. The molecule has 0 aliphatic heterocycles. The van der Waals surface area contributed by atoms with E-state index in [0.717, 1.165) is 15.8 Å². The van der Waals surface area contributed by atoms with Crippen LogP contribution in [0.25, 0.3) is 0 Å². The minimum atomic E-state index is 0.00850. The molecular formula is C14H20BrNO2S. The summed E-state index contributed by atoms with van der Waals surface area (Å²) in [6.07, 6.45) is 0.910. The van der Waals surface area contributed by atoms with Crippen LogP contribution in [0.2, 0.25) is 0 Å². The van der Waals surface area contributed by atoms with E-state index < -0.39 is 0 Å². The maximum Gasteiger partial charge on any atom is 0.255 e. The fourth-order valence-electron chi connectivity index (χ4n) is 1.76. The predicted octanol–water partition coefficient (Wildman–Crippen LogP) is 3.62. The topological polar surface area (TPSA) is 29.5 Å². The molecule has 0 aliphatic carbocycles. The second kappa shape index (κ2) is 7.92. The Morgan fingerprint density at radius 3 is 2.79 bits per heavy atom. The van der Waals surface area contributed by atoms with Crippen LogP contribution in [0.3, 0.4) is 0 Å². The maximum atomic E-state index is 12.6. The third kappa shape index (κ3) is 4.51. The monoisotopic (exact) mass is 345 g/mol. The highest BCUT2D eigenvalue weighted by Gasteiger charge is 2.22. The molecule has 0 heterocycles. The molecule has 0 N–H and O–H groups in total. The zero-order valence-electron chi connectivity index (χ0n) is 11.5. The second-order valence-corrected chi connectivity index (χ2v) is 5.78. The summed E-state index contributed by atoms with van der Waals surface area (Å²) in [7, 11) is 1.64. The van der Waals surface area contributed by atoms with Crippen LogP contribution in [0.4, 0.5) is 0 Å². The van der Waals surface area contributed by atoms with E-state index in [1.807, 2.05) is 24.0 Å². The van der Waals surface area contributed by atoms with Crippen molar-refractivity contribution in [3.8, 4) is 0 Å². The first-order valence-electron chi connectivity index (χ1n) is 6.29. The summed E-state index contributed by atoms with van der Waals surface area (Å²) in [6.45, 7) is 5.25. The van der Waals surface area contributed by atoms with Crippen molar-refractivity contribution in [1.82, 2.24) is 4.90 Å². The van der Waals surface area contributed by atoms with Gasteiger partial charge < -0.3 is 9.64 Å². The van der Waals surface area contributed by atoms with E-state index in [1.54, 1.807) is 13.2 Å². The summed E-state index contributed by atoms with van der Waals surface area (Å²) < 4.78 is 5.88. The van der Waals surface area contributed by atoms with Gasteiger partial charge in [-0.3, -0.25) is 4.79 Å². The number of hydrogen-bond acceptors (Lipinski definition) is 3.